The summed E-state index contributed by atoms with van der Waals surface area (Å²) in [5.41, 5.74) is 6.40. The van der Waals surface area contributed by atoms with Crippen molar-refractivity contribution in [1.82, 2.24) is 0 Å². The zero-order valence-electron chi connectivity index (χ0n) is 12.2. The van der Waals surface area contributed by atoms with Crippen LogP contribution >= 0.6 is 0 Å². The summed E-state index contributed by atoms with van der Waals surface area (Å²) in [5, 5.41) is 2.31. The van der Waals surface area contributed by atoms with Gasteiger partial charge in [0.25, 0.3) is 0 Å². The Morgan fingerprint density at radius 3 is 2.30 bits per heavy atom. The highest BCUT2D eigenvalue weighted by molar-refractivity contribution is 6.48. The number of benzene rings is 2. The van der Waals surface area contributed by atoms with Gasteiger partial charge >= 0.3 is 11.8 Å². The third kappa shape index (κ3) is 3.91. The Morgan fingerprint density at radius 2 is 1.74 bits per heavy atom. The van der Waals surface area contributed by atoms with E-state index in [0.717, 1.165) is 24.0 Å². The van der Waals surface area contributed by atoms with Gasteiger partial charge in [-0.25, -0.2) is 9.29 Å². The van der Waals surface area contributed by atoms with Crippen molar-refractivity contribution in [2.45, 2.75) is 6.92 Å². The molecule has 0 bridgehead atoms. The molecular weight excluding hydrogens is 301 g/mol. The fourth-order valence-electron chi connectivity index (χ4n) is 1.93. The molecule has 0 heterocycles. The summed E-state index contributed by atoms with van der Waals surface area (Å²) in [7, 11) is 0. The summed E-state index contributed by atoms with van der Waals surface area (Å²) in [4.78, 5) is 36.7. The van der Waals surface area contributed by atoms with E-state index >= 15 is 0 Å². The van der Waals surface area contributed by atoms with Gasteiger partial charge in [-0.3, -0.25) is 14.4 Å². The van der Waals surface area contributed by atoms with E-state index in [1.54, 1.807) is 12.1 Å². The van der Waals surface area contributed by atoms with E-state index in [0.29, 0.717) is 5.69 Å². The van der Waals surface area contributed by atoms with Crippen LogP contribution in [0.15, 0.2) is 48.5 Å². The van der Waals surface area contributed by atoms with Gasteiger partial charge in [0.1, 0.15) is 5.82 Å². The summed E-state index contributed by atoms with van der Waals surface area (Å²) >= 11 is 0. The number of halogens is 1. The second-order valence-corrected chi connectivity index (χ2v) is 4.72. The maximum Gasteiger partial charge on any atom is 0.323 e. The lowest BCUT2D eigenvalue weighted by molar-refractivity contribution is -0.136. The van der Waals surface area contributed by atoms with Gasteiger partial charge in [-0.2, -0.15) is 0 Å². The number of carbonyl (C=O) groups is 3. The Bertz CT molecular complexity index is 759. The molecular formula is C16H14FN3O3. The summed E-state index contributed by atoms with van der Waals surface area (Å²) in [6.07, 6.45) is 0. The number of nitrogens with one attached hydrogen (secondary N) is 1. The van der Waals surface area contributed by atoms with Crippen LogP contribution in [0.25, 0.3) is 0 Å². The molecule has 0 radical (unpaired) electrons. The van der Waals surface area contributed by atoms with Crippen molar-refractivity contribution in [3.05, 3.63) is 54.3 Å². The molecule has 0 spiro atoms. The van der Waals surface area contributed by atoms with Crippen molar-refractivity contribution in [2.75, 3.05) is 16.0 Å². The van der Waals surface area contributed by atoms with Crippen molar-refractivity contribution in [1.29, 1.82) is 0 Å². The SMILES string of the molecule is CC(=O)N(C(=O)C(=O)Nc1ccc(F)cc1)c1cccc(N)c1. The number of rotatable bonds is 2. The number of anilines is 3. The molecule has 0 aliphatic heterocycles. The van der Waals surface area contributed by atoms with Crippen molar-refractivity contribution in [3.8, 4) is 0 Å². The first-order valence-corrected chi connectivity index (χ1v) is 6.65. The monoisotopic (exact) mass is 315 g/mol. The Balaban J connectivity index is 2.22. The van der Waals surface area contributed by atoms with E-state index in [1.807, 2.05) is 0 Å². The highest BCUT2D eigenvalue weighted by Crippen LogP contribution is 2.18. The number of nitrogens with two attached hydrogens (primary N) is 1. The van der Waals surface area contributed by atoms with Crippen LogP contribution in [-0.2, 0) is 14.4 Å². The second kappa shape index (κ2) is 6.69. The first-order chi connectivity index (χ1) is 10.9. The Kier molecular flexibility index (Phi) is 4.70. The molecule has 2 aromatic rings. The predicted molar refractivity (Wildman–Crippen MR) is 84.1 cm³/mol. The van der Waals surface area contributed by atoms with Crippen LogP contribution in [0.2, 0.25) is 0 Å². The lowest BCUT2D eigenvalue weighted by atomic mass is 10.2. The predicted octanol–water partition coefficient (Wildman–Crippen LogP) is 1.93. The zero-order valence-corrected chi connectivity index (χ0v) is 12.2. The summed E-state index contributed by atoms with van der Waals surface area (Å²) in [5.74, 6) is -3.18. The highest BCUT2D eigenvalue weighted by atomic mass is 19.1. The fourth-order valence-corrected chi connectivity index (χ4v) is 1.93. The van der Waals surface area contributed by atoms with Gasteiger partial charge in [0, 0.05) is 18.3 Å². The molecule has 118 valence electrons. The van der Waals surface area contributed by atoms with E-state index in [9.17, 15) is 18.8 Å². The standard InChI is InChI=1S/C16H14FN3O3/c1-10(21)20(14-4-2-3-12(18)9-14)16(23)15(22)19-13-7-5-11(17)6-8-13/h2-9H,18H2,1H3,(H,19,22). The quantitative estimate of drug-likeness (QED) is 0.654. The van der Waals surface area contributed by atoms with Crippen LogP contribution in [-0.4, -0.2) is 17.7 Å². The van der Waals surface area contributed by atoms with E-state index in [4.69, 9.17) is 5.73 Å². The number of hydrogen-bond acceptors (Lipinski definition) is 4. The number of nitrogens with zero attached hydrogens (tertiary/aromatic N) is 1. The number of imide groups is 1. The van der Waals surface area contributed by atoms with Crippen molar-refractivity contribution < 1.29 is 18.8 Å². The molecule has 0 saturated heterocycles. The number of amides is 3. The maximum absolute atomic E-state index is 12.8. The topological polar surface area (TPSA) is 92.5 Å². The third-order valence-electron chi connectivity index (χ3n) is 2.94. The number of carbonyl (C=O) groups excluding carboxylic acids is 3. The smallest absolute Gasteiger partial charge is 0.323 e. The van der Waals surface area contributed by atoms with Crippen molar-refractivity contribution in [3.63, 3.8) is 0 Å². The highest BCUT2D eigenvalue weighted by Gasteiger charge is 2.27. The number of nitrogen functional groups attached to an aromatic ring is 1. The lowest BCUT2D eigenvalue weighted by Gasteiger charge is -2.19. The third-order valence-corrected chi connectivity index (χ3v) is 2.94. The van der Waals surface area contributed by atoms with Crippen LogP contribution < -0.4 is 16.0 Å². The molecule has 2 rings (SSSR count). The molecule has 0 atom stereocenters. The minimum Gasteiger partial charge on any atom is -0.399 e. The molecule has 7 heteroatoms. The molecule has 2 aromatic carbocycles. The van der Waals surface area contributed by atoms with Gasteiger partial charge in [-0.15, -0.1) is 0 Å². The summed E-state index contributed by atoms with van der Waals surface area (Å²) in [6, 6.07) is 10.9. The van der Waals surface area contributed by atoms with Gasteiger partial charge in [0.15, 0.2) is 0 Å². The van der Waals surface area contributed by atoms with E-state index in [1.165, 1.54) is 24.3 Å². The van der Waals surface area contributed by atoms with E-state index < -0.39 is 23.5 Å². The van der Waals surface area contributed by atoms with E-state index in [2.05, 4.69) is 5.32 Å². The fraction of sp³-hybridized carbons (Fsp3) is 0.0625. The molecule has 0 aliphatic rings. The molecule has 0 aliphatic carbocycles. The van der Waals surface area contributed by atoms with Gasteiger partial charge < -0.3 is 11.1 Å². The lowest BCUT2D eigenvalue weighted by Crippen LogP contribution is -2.42. The van der Waals surface area contributed by atoms with E-state index in [-0.39, 0.29) is 11.4 Å². The molecule has 23 heavy (non-hydrogen) atoms. The minimum atomic E-state index is -1.06. The first-order valence-electron chi connectivity index (χ1n) is 6.65. The molecule has 3 amide bonds. The minimum absolute atomic E-state index is 0.191. The Morgan fingerprint density at radius 1 is 1.09 bits per heavy atom. The van der Waals surface area contributed by atoms with Crippen LogP contribution in [0.5, 0.6) is 0 Å². The van der Waals surface area contributed by atoms with Gasteiger partial charge in [-0.1, -0.05) is 6.07 Å². The van der Waals surface area contributed by atoms with Crippen molar-refractivity contribution >= 4 is 34.8 Å². The van der Waals surface area contributed by atoms with Crippen LogP contribution in [0.1, 0.15) is 6.92 Å². The molecule has 3 N–H and O–H groups in total. The largest absolute Gasteiger partial charge is 0.399 e. The number of hydrogen-bond donors (Lipinski definition) is 2. The molecule has 0 fully saturated rings. The van der Waals surface area contributed by atoms with Gasteiger partial charge in [-0.05, 0) is 42.5 Å². The van der Waals surface area contributed by atoms with Gasteiger partial charge in [0.05, 0.1) is 5.69 Å². The molecule has 0 saturated carbocycles. The van der Waals surface area contributed by atoms with Crippen LogP contribution in [0.3, 0.4) is 0 Å². The maximum atomic E-state index is 12.8. The average Bonchev–Trinajstić information content (AvgIpc) is 2.49. The van der Waals surface area contributed by atoms with Crippen LogP contribution in [0, 0.1) is 5.82 Å². The van der Waals surface area contributed by atoms with Gasteiger partial charge in [0.2, 0.25) is 5.91 Å². The Labute approximate surface area is 131 Å². The average molecular weight is 315 g/mol. The Hall–Kier alpha value is -3.22. The first kappa shape index (κ1) is 16.2. The normalized spacial score (nSPS) is 10.0. The summed E-state index contributed by atoms with van der Waals surface area (Å²) in [6.45, 7) is 1.16. The van der Waals surface area contributed by atoms with Crippen LogP contribution in [0.4, 0.5) is 21.5 Å². The van der Waals surface area contributed by atoms with Crippen molar-refractivity contribution in [2.24, 2.45) is 0 Å². The summed E-state index contributed by atoms with van der Waals surface area (Å²) < 4.78 is 12.8. The molecule has 0 aromatic heterocycles. The molecule has 6 nitrogen and oxygen atoms in total. The zero-order chi connectivity index (χ0) is 17.0. The second-order valence-electron chi connectivity index (χ2n) is 4.72. The molecule has 0 unspecified atom stereocenters.